The Balaban J connectivity index is 2.12. The van der Waals surface area contributed by atoms with E-state index in [1.165, 1.54) is 17.0 Å². The number of hydrogen-bond donors (Lipinski definition) is 1. The van der Waals surface area contributed by atoms with Gasteiger partial charge in [0.25, 0.3) is 5.91 Å². The first-order chi connectivity index (χ1) is 8.95. The standard InChI is InChI=1S/C13H16F2N2O2/c1-2-13(16)7-17(8-13)11(18)9-5-3-4-6-10(9)19-12(14)15/h3-6,12H,2,7-8,16H2,1H3. The maximum atomic E-state index is 12.3. The van der Waals surface area contributed by atoms with Crippen LogP contribution < -0.4 is 10.5 Å². The summed E-state index contributed by atoms with van der Waals surface area (Å²) >= 11 is 0. The predicted molar refractivity (Wildman–Crippen MR) is 66.2 cm³/mol. The van der Waals surface area contributed by atoms with Crippen LogP contribution in [-0.4, -0.2) is 36.0 Å². The van der Waals surface area contributed by atoms with Gasteiger partial charge < -0.3 is 15.4 Å². The van der Waals surface area contributed by atoms with Gasteiger partial charge in [0.2, 0.25) is 0 Å². The molecule has 0 spiro atoms. The van der Waals surface area contributed by atoms with Gasteiger partial charge in [0.15, 0.2) is 0 Å². The van der Waals surface area contributed by atoms with Gasteiger partial charge in [-0.1, -0.05) is 19.1 Å². The van der Waals surface area contributed by atoms with Crippen molar-refractivity contribution in [3.05, 3.63) is 29.8 Å². The fraction of sp³-hybridized carbons (Fsp3) is 0.462. The van der Waals surface area contributed by atoms with Crippen molar-refractivity contribution in [1.82, 2.24) is 4.90 Å². The van der Waals surface area contributed by atoms with Gasteiger partial charge in [0, 0.05) is 13.1 Å². The third-order valence-corrected chi connectivity index (χ3v) is 3.34. The van der Waals surface area contributed by atoms with Gasteiger partial charge in [-0.2, -0.15) is 8.78 Å². The molecule has 1 aliphatic rings. The van der Waals surface area contributed by atoms with Gasteiger partial charge in [-0.3, -0.25) is 4.79 Å². The van der Waals surface area contributed by atoms with Gasteiger partial charge in [-0.15, -0.1) is 0 Å². The third-order valence-electron chi connectivity index (χ3n) is 3.34. The molecule has 1 amide bonds. The number of benzene rings is 1. The quantitative estimate of drug-likeness (QED) is 0.908. The fourth-order valence-electron chi connectivity index (χ4n) is 2.09. The summed E-state index contributed by atoms with van der Waals surface area (Å²) in [6.45, 7) is -0.124. The number of hydrogen-bond acceptors (Lipinski definition) is 3. The molecule has 6 heteroatoms. The first-order valence-electron chi connectivity index (χ1n) is 6.07. The van der Waals surface area contributed by atoms with E-state index in [1.54, 1.807) is 12.1 Å². The van der Waals surface area contributed by atoms with E-state index in [0.717, 1.165) is 6.42 Å². The number of carbonyl (C=O) groups excluding carboxylic acids is 1. The number of nitrogens with zero attached hydrogens (tertiary/aromatic N) is 1. The van der Waals surface area contributed by atoms with Crippen molar-refractivity contribution >= 4 is 5.91 Å². The molecule has 104 valence electrons. The summed E-state index contributed by atoms with van der Waals surface area (Å²) in [5.74, 6) is -0.431. The highest BCUT2D eigenvalue weighted by Crippen LogP contribution is 2.27. The Bertz CT molecular complexity index is 473. The Morgan fingerprint density at radius 1 is 1.47 bits per heavy atom. The smallest absolute Gasteiger partial charge is 0.387 e. The van der Waals surface area contributed by atoms with Crippen molar-refractivity contribution < 1.29 is 18.3 Å². The van der Waals surface area contributed by atoms with Crippen molar-refractivity contribution in [3.63, 3.8) is 0 Å². The first kappa shape index (κ1) is 13.7. The Hall–Kier alpha value is -1.69. The first-order valence-corrected chi connectivity index (χ1v) is 6.07. The number of amides is 1. The molecule has 4 nitrogen and oxygen atoms in total. The monoisotopic (exact) mass is 270 g/mol. The second-order valence-corrected chi connectivity index (χ2v) is 4.75. The number of ether oxygens (including phenoxy) is 1. The van der Waals surface area contributed by atoms with Crippen LogP contribution in [0.5, 0.6) is 5.75 Å². The van der Waals surface area contributed by atoms with Crippen LogP contribution in [0.4, 0.5) is 8.78 Å². The molecule has 1 aromatic rings. The van der Waals surface area contributed by atoms with Crippen LogP contribution in [0.25, 0.3) is 0 Å². The minimum Gasteiger partial charge on any atom is -0.434 e. The third kappa shape index (κ3) is 2.84. The lowest BCUT2D eigenvalue weighted by Crippen LogP contribution is -2.68. The van der Waals surface area contributed by atoms with Crippen LogP contribution in [-0.2, 0) is 0 Å². The summed E-state index contributed by atoms with van der Waals surface area (Å²) in [6, 6.07) is 5.99. The molecule has 1 saturated heterocycles. The second-order valence-electron chi connectivity index (χ2n) is 4.75. The van der Waals surface area contributed by atoms with Crippen LogP contribution in [0.3, 0.4) is 0 Å². The molecule has 1 aromatic carbocycles. The lowest BCUT2D eigenvalue weighted by atomic mass is 9.87. The van der Waals surface area contributed by atoms with Gasteiger partial charge in [0.1, 0.15) is 5.75 Å². The average Bonchev–Trinajstić information content (AvgIpc) is 2.34. The summed E-state index contributed by atoms with van der Waals surface area (Å²) in [6.07, 6.45) is 0.770. The van der Waals surface area contributed by atoms with E-state index in [-0.39, 0.29) is 22.8 Å². The molecule has 1 aliphatic heterocycles. The van der Waals surface area contributed by atoms with Crippen LogP contribution in [0.1, 0.15) is 23.7 Å². The molecule has 0 unspecified atom stereocenters. The number of carbonyl (C=O) groups is 1. The molecule has 19 heavy (non-hydrogen) atoms. The Morgan fingerprint density at radius 3 is 2.68 bits per heavy atom. The normalized spacial score (nSPS) is 17.2. The summed E-state index contributed by atoms with van der Waals surface area (Å²) in [7, 11) is 0. The van der Waals surface area contributed by atoms with Crippen molar-refractivity contribution in [3.8, 4) is 5.75 Å². The van der Waals surface area contributed by atoms with E-state index in [9.17, 15) is 13.6 Å². The maximum Gasteiger partial charge on any atom is 0.387 e. The highest BCUT2D eigenvalue weighted by atomic mass is 19.3. The Morgan fingerprint density at radius 2 is 2.11 bits per heavy atom. The summed E-state index contributed by atoms with van der Waals surface area (Å²) in [4.78, 5) is 13.7. The molecule has 1 fully saturated rings. The van der Waals surface area contributed by atoms with E-state index in [4.69, 9.17) is 5.73 Å². The molecular formula is C13H16F2N2O2. The number of nitrogens with two attached hydrogens (primary N) is 1. The zero-order chi connectivity index (χ0) is 14.0. The van der Waals surface area contributed by atoms with Crippen molar-refractivity contribution in [2.45, 2.75) is 25.5 Å². The number of likely N-dealkylation sites (tertiary alicyclic amines) is 1. The van der Waals surface area contributed by atoms with E-state index < -0.39 is 6.61 Å². The van der Waals surface area contributed by atoms with Crippen molar-refractivity contribution in [2.75, 3.05) is 13.1 Å². The van der Waals surface area contributed by atoms with Crippen molar-refractivity contribution in [1.29, 1.82) is 0 Å². The minimum atomic E-state index is -2.95. The Labute approximate surface area is 110 Å². The number of rotatable bonds is 4. The summed E-state index contributed by atoms with van der Waals surface area (Å²) < 4.78 is 28.9. The van der Waals surface area contributed by atoms with E-state index >= 15 is 0 Å². The Kier molecular flexibility index (Phi) is 3.71. The predicted octanol–water partition coefficient (Wildman–Crippen LogP) is 1.85. The average molecular weight is 270 g/mol. The molecule has 0 atom stereocenters. The van der Waals surface area contributed by atoms with Gasteiger partial charge in [-0.05, 0) is 18.6 Å². The molecule has 1 heterocycles. The minimum absolute atomic E-state index is 0.103. The van der Waals surface area contributed by atoms with Gasteiger partial charge >= 0.3 is 6.61 Å². The fourth-order valence-corrected chi connectivity index (χ4v) is 2.09. The van der Waals surface area contributed by atoms with Gasteiger partial charge in [0.05, 0.1) is 11.1 Å². The van der Waals surface area contributed by atoms with Gasteiger partial charge in [-0.25, -0.2) is 0 Å². The molecule has 0 bridgehead atoms. The largest absolute Gasteiger partial charge is 0.434 e. The molecular weight excluding hydrogens is 254 g/mol. The van der Waals surface area contributed by atoms with Crippen molar-refractivity contribution in [2.24, 2.45) is 5.73 Å². The number of para-hydroxylation sites is 1. The van der Waals surface area contributed by atoms with Crippen LogP contribution in [0, 0.1) is 0 Å². The second kappa shape index (κ2) is 5.13. The van der Waals surface area contributed by atoms with E-state index in [2.05, 4.69) is 4.74 Å². The molecule has 2 N–H and O–H groups in total. The SMILES string of the molecule is CCC1(N)CN(C(=O)c2ccccc2OC(F)F)C1. The zero-order valence-corrected chi connectivity index (χ0v) is 10.6. The molecule has 2 rings (SSSR count). The lowest BCUT2D eigenvalue weighted by molar-refractivity contribution is -0.0504. The maximum absolute atomic E-state index is 12.3. The highest BCUT2D eigenvalue weighted by molar-refractivity contribution is 5.97. The molecule has 0 aliphatic carbocycles. The van der Waals surface area contributed by atoms with Crippen LogP contribution in [0.2, 0.25) is 0 Å². The summed E-state index contributed by atoms with van der Waals surface area (Å²) in [5, 5.41) is 0. The topological polar surface area (TPSA) is 55.6 Å². The number of alkyl halides is 2. The lowest BCUT2D eigenvalue weighted by Gasteiger charge is -2.47. The molecule has 0 saturated carbocycles. The zero-order valence-electron chi connectivity index (χ0n) is 10.6. The van der Waals surface area contributed by atoms with E-state index in [0.29, 0.717) is 13.1 Å². The number of halogens is 2. The summed E-state index contributed by atoms with van der Waals surface area (Å²) in [5.41, 5.74) is 5.77. The van der Waals surface area contributed by atoms with Crippen LogP contribution >= 0.6 is 0 Å². The van der Waals surface area contributed by atoms with E-state index in [1.807, 2.05) is 6.92 Å². The van der Waals surface area contributed by atoms with Crippen LogP contribution in [0.15, 0.2) is 24.3 Å². The molecule has 0 aromatic heterocycles. The highest BCUT2D eigenvalue weighted by Gasteiger charge is 2.41. The molecule has 0 radical (unpaired) electrons.